The quantitative estimate of drug-likeness (QED) is 0.390. The second-order valence-corrected chi connectivity index (χ2v) is 10.4. The molecule has 1 aromatic heterocycles. The predicted octanol–water partition coefficient (Wildman–Crippen LogP) is 2.95. The summed E-state index contributed by atoms with van der Waals surface area (Å²) in [6.45, 7) is 3.40. The van der Waals surface area contributed by atoms with Crippen molar-refractivity contribution in [1.29, 1.82) is 0 Å². The zero-order chi connectivity index (χ0) is 27.4. The minimum atomic E-state index is -0.748. The van der Waals surface area contributed by atoms with Crippen LogP contribution in [0.3, 0.4) is 0 Å². The van der Waals surface area contributed by atoms with E-state index in [2.05, 4.69) is 20.5 Å². The molecule has 2 fully saturated rings. The zero-order valence-electron chi connectivity index (χ0n) is 22.0. The lowest BCUT2D eigenvalue weighted by Crippen LogP contribution is -2.54. The molecule has 1 aliphatic heterocycles. The molecule has 0 radical (unpaired) electrons. The number of hydrogen-bond donors (Lipinski definition) is 2. The molecule has 8 nitrogen and oxygen atoms in total. The number of likely N-dealkylation sites (N-methyl/N-ethyl adjacent to an activating group) is 1. The van der Waals surface area contributed by atoms with Crippen LogP contribution >= 0.6 is 0 Å². The van der Waals surface area contributed by atoms with E-state index >= 15 is 0 Å². The van der Waals surface area contributed by atoms with Gasteiger partial charge < -0.3 is 25.0 Å². The molecular weight excluding hydrogens is 502 g/mol. The van der Waals surface area contributed by atoms with Crippen LogP contribution in [0.1, 0.15) is 41.1 Å². The Kier molecular flexibility index (Phi) is 8.33. The smallest absolute Gasteiger partial charge is 0.254 e. The van der Waals surface area contributed by atoms with Crippen LogP contribution in [0.15, 0.2) is 61.2 Å². The summed E-state index contributed by atoms with van der Waals surface area (Å²) in [6.07, 6.45) is 6.92. The van der Waals surface area contributed by atoms with Gasteiger partial charge in [0.25, 0.3) is 5.91 Å². The maximum atomic E-state index is 14.9. The van der Waals surface area contributed by atoms with Gasteiger partial charge in [0.05, 0.1) is 11.9 Å². The first kappa shape index (κ1) is 27.0. The summed E-state index contributed by atoms with van der Waals surface area (Å²) in [5.74, 6) is -1.28. The molecule has 2 N–H and O–H groups in total. The fourth-order valence-corrected chi connectivity index (χ4v) is 5.09. The summed E-state index contributed by atoms with van der Waals surface area (Å²) < 4.78 is 29.8. The Morgan fingerprint density at radius 1 is 1.08 bits per heavy atom. The normalized spacial score (nSPS) is 20.0. The van der Waals surface area contributed by atoms with Crippen LogP contribution in [0.4, 0.5) is 8.78 Å². The number of carbonyl (C=O) groups is 2. The Hall–Kier alpha value is -3.63. The van der Waals surface area contributed by atoms with Crippen molar-refractivity contribution in [3.63, 3.8) is 0 Å². The first-order valence-corrected chi connectivity index (χ1v) is 13.4. The van der Waals surface area contributed by atoms with Gasteiger partial charge in [0, 0.05) is 56.2 Å². The lowest BCUT2D eigenvalue weighted by Gasteiger charge is -2.34. The molecule has 1 aliphatic carbocycles. The molecule has 1 saturated carbocycles. The Morgan fingerprint density at radius 3 is 2.54 bits per heavy atom. The lowest BCUT2D eigenvalue weighted by atomic mass is 10.1. The van der Waals surface area contributed by atoms with Crippen LogP contribution in [0.2, 0.25) is 0 Å². The van der Waals surface area contributed by atoms with Crippen molar-refractivity contribution >= 4 is 11.8 Å². The Balaban J connectivity index is 1.19. The molecule has 2 aliphatic rings. The Morgan fingerprint density at radius 2 is 1.85 bits per heavy atom. The molecule has 1 saturated heterocycles. The van der Waals surface area contributed by atoms with Crippen LogP contribution < -0.4 is 10.6 Å². The number of nitrogens with one attached hydrogen (secondary N) is 2. The van der Waals surface area contributed by atoms with Crippen molar-refractivity contribution in [2.24, 2.45) is 0 Å². The van der Waals surface area contributed by atoms with E-state index in [1.165, 1.54) is 24.3 Å². The molecule has 0 unspecified atom stereocenters. The van der Waals surface area contributed by atoms with Crippen LogP contribution in [0.25, 0.3) is 5.69 Å². The number of piperazine rings is 1. The Labute approximate surface area is 227 Å². The van der Waals surface area contributed by atoms with E-state index in [4.69, 9.17) is 0 Å². The first-order valence-electron chi connectivity index (χ1n) is 13.4. The molecule has 5 rings (SSSR count). The van der Waals surface area contributed by atoms with Crippen LogP contribution in [-0.4, -0.2) is 83.0 Å². The van der Waals surface area contributed by atoms with Gasteiger partial charge in [-0.1, -0.05) is 12.1 Å². The molecule has 206 valence electrons. The number of benzene rings is 2. The average molecular weight is 537 g/mol. The number of aromatic nitrogens is 2. The van der Waals surface area contributed by atoms with E-state index in [0.717, 1.165) is 25.1 Å². The maximum Gasteiger partial charge on any atom is 0.254 e. The molecule has 2 amide bonds. The van der Waals surface area contributed by atoms with E-state index in [-0.39, 0.29) is 17.3 Å². The molecule has 2 aromatic carbocycles. The van der Waals surface area contributed by atoms with Crippen molar-refractivity contribution in [1.82, 2.24) is 30.0 Å². The van der Waals surface area contributed by atoms with Gasteiger partial charge in [-0.2, -0.15) is 0 Å². The van der Waals surface area contributed by atoms with Crippen molar-refractivity contribution in [2.45, 2.75) is 37.3 Å². The van der Waals surface area contributed by atoms with E-state index in [1.54, 1.807) is 34.3 Å². The van der Waals surface area contributed by atoms with Crippen molar-refractivity contribution in [3.8, 4) is 5.69 Å². The number of nitrogens with zero attached hydrogens (tertiary/aromatic N) is 4. The summed E-state index contributed by atoms with van der Waals surface area (Å²) in [7, 11) is 2.01. The van der Waals surface area contributed by atoms with Gasteiger partial charge in [0.2, 0.25) is 5.91 Å². The summed E-state index contributed by atoms with van der Waals surface area (Å²) in [6, 6.07) is 10.5. The minimum Gasteiger partial charge on any atom is -0.340 e. The van der Waals surface area contributed by atoms with Crippen LogP contribution in [0.5, 0.6) is 0 Å². The van der Waals surface area contributed by atoms with E-state index in [0.29, 0.717) is 50.1 Å². The van der Waals surface area contributed by atoms with Crippen molar-refractivity contribution < 1.29 is 18.4 Å². The molecule has 0 spiro atoms. The summed E-state index contributed by atoms with van der Waals surface area (Å²) in [5.41, 5.74) is 1.57. The molecular formula is C29H34F2N6O2. The molecule has 0 bridgehead atoms. The minimum absolute atomic E-state index is 0.103. The number of amides is 2. The number of carbonyl (C=O) groups excluding carboxylic acids is 2. The number of rotatable bonds is 10. The van der Waals surface area contributed by atoms with Crippen molar-refractivity contribution in [3.05, 3.63) is 83.9 Å². The highest BCUT2D eigenvalue weighted by atomic mass is 19.1. The third kappa shape index (κ3) is 6.69. The van der Waals surface area contributed by atoms with E-state index < -0.39 is 17.8 Å². The van der Waals surface area contributed by atoms with Gasteiger partial charge in [-0.15, -0.1) is 0 Å². The topological polar surface area (TPSA) is 82.5 Å². The fraction of sp³-hybridized carbons (Fsp3) is 0.414. The maximum absolute atomic E-state index is 14.9. The van der Waals surface area contributed by atoms with E-state index in [9.17, 15) is 18.4 Å². The summed E-state index contributed by atoms with van der Waals surface area (Å²) in [4.78, 5) is 34.4. The molecule has 3 atom stereocenters. The van der Waals surface area contributed by atoms with Gasteiger partial charge in [-0.25, -0.2) is 13.8 Å². The summed E-state index contributed by atoms with van der Waals surface area (Å²) >= 11 is 0. The lowest BCUT2D eigenvalue weighted by molar-refractivity contribution is -0.135. The van der Waals surface area contributed by atoms with Gasteiger partial charge in [0.1, 0.15) is 17.7 Å². The second-order valence-electron chi connectivity index (χ2n) is 10.4. The van der Waals surface area contributed by atoms with Gasteiger partial charge in [-0.05, 0) is 68.8 Å². The highest BCUT2D eigenvalue weighted by Gasteiger charge is 2.37. The zero-order valence-corrected chi connectivity index (χ0v) is 22.0. The SMILES string of the molecule is CN1CCN(C(=O)[C@H](CCCN[C@@H]2C[C@H]2c2ccc(F)cc2)NC(=O)c2ccc(-n3ccnc3)cc2F)CC1. The first-order chi connectivity index (χ1) is 18.9. The molecule has 39 heavy (non-hydrogen) atoms. The molecule has 10 heteroatoms. The second kappa shape index (κ2) is 12.0. The highest BCUT2D eigenvalue weighted by Crippen LogP contribution is 2.40. The largest absolute Gasteiger partial charge is 0.340 e. The average Bonchev–Trinajstić information content (AvgIpc) is 3.49. The third-order valence-electron chi connectivity index (χ3n) is 7.58. The fourth-order valence-electron chi connectivity index (χ4n) is 5.09. The number of imidazole rings is 1. The summed E-state index contributed by atoms with van der Waals surface area (Å²) in [5, 5.41) is 6.32. The van der Waals surface area contributed by atoms with E-state index in [1.807, 2.05) is 19.2 Å². The predicted molar refractivity (Wildman–Crippen MR) is 144 cm³/mol. The molecule has 2 heterocycles. The monoisotopic (exact) mass is 536 g/mol. The highest BCUT2D eigenvalue weighted by molar-refractivity contribution is 5.98. The van der Waals surface area contributed by atoms with Crippen LogP contribution in [0, 0.1) is 11.6 Å². The Bertz CT molecular complexity index is 1280. The standard InChI is InChI=1S/C29H34F2N6O2/c1-35-13-15-36(16-14-35)29(39)26(3-2-10-33-27-18-24(27)20-4-6-21(30)7-5-20)34-28(38)23-9-8-22(17-25(23)31)37-12-11-32-19-37/h4-9,11-12,17,19,24,26-27,33H,2-3,10,13-16,18H2,1H3,(H,34,38)/t24-,26-,27+/m0/s1. The molecule has 3 aromatic rings. The van der Waals surface area contributed by atoms with Gasteiger partial charge >= 0.3 is 0 Å². The van der Waals surface area contributed by atoms with Gasteiger partial charge in [0.15, 0.2) is 0 Å². The number of halogens is 2. The number of hydrogen-bond acceptors (Lipinski definition) is 5. The third-order valence-corrected chi connectivity index (χ3v) is 7.58. The van der Waals surface area contributed by atoms with Gasteiger partial charge in [-0.3, -0.25) is 9.59 Å². The van der Waals surface area contributed by atoms with Crippen molar-refractivity contribution in [2.75, 3.05) is 39.8 Å². The van der Waals surface area contributed by atoms with Crippen LogP contribution in [-0.2, 0) is 4.79 Å².